The van der Waals surface area contributed by atoms with Gasteiger partial charge < -0.3 is 5.32 Å². The topological polar surface area (TPSA) is 104 Å². The average Bonchev–Trinajstić information content (AvgIpc) is 3.39. The molecule has 3 aromatic carbocycles. The number of hydrogen-bond acceptors (Lipinski definition) is 5. The molecule has 0 bridgehead atoms. The van der Waals surface area contributed by atoms with Crippen LogP contribution in [0.2, 0.25) is 5.02 Å². The normalized spacial score (nSPS) is 14.5. The van der Waals surface area contributed by atoms with Gasteiger partial charge >= 0.3 is 0 Å². The Morgan fingerprint density at radius 2 is 1.51 bits per heavy atom. The number of carbonyl (C=O) groups excluding carboxylic acids is 1. The lowest BCUT2D eigenvalue weighted by molar-refractivity contribution is -0.114. The first-order chi connectivity index (χ1) is 16.7. The van der Waals surface area contributed by atoms with Gasteiger partial charge in [-0.3, -0.25) is 9.10 Å². The van der Waals surface area contributed by atoms with Crippen LogP contribution in [-0.4, -0.2) is 46.7 Å². The summed E-state index contributed by atoms with van der Waals surface area (Å²) in [5.41, 5.74) is 0.585. The van der Waals surface area contributed by atoms with Crippen LogP contribution < -0.4 is 9.62 Å². The summed E-state index contributed by atoms with van der Waals surface area (Å²) < 4.78 is 54.5. The molecule has 0 aromatic heterocycles. The Kier molecular flexibility index (Phi) is 7.46. The zero-order valence-electron chi connectivity index (χ0n) is 18.7. The van der Waals surface area contributed by atoms with Crippen LogP contribution >= 0.6 is 11.6 Å². The van der Waals surface area contributed by atoms with Crippen molar-refractivity contribution in [1.29, 1.82) is 0 Å². The number of amides is 1. The van der Waals surface area contributed by atoms with Crippen LogP contribution in [0.15, 0.2) is 88.7 Å². The van der Waals surface area contributed by atoms with Gasteiger partial charge in [-0.2, -0.15) is 4.31 Å². The van der Waals surface area contributed by atoms with Crippen molar-refractivity contribution in [2.45, 2.75) is 22.6 Å². The average molecular weight is 534 g/mol. The molecule has 0 radical (unpaired) electrons. The van der Waals surface area contributed by atoms with Crippen LogP contribution in [-0.2, 0) is 24.8 Å². The Labute approximate surface area is 210 Å². The molecule has 8 nitrogen and oxygen atoms in total. The van der Waals surface area contributed by atoms with Crippen LogP contribution in [0.4, 0.5) is 11.4 Å². The first-order valence-corrected chi connectivity index (χ1v) is 14.2. The van der Waals surface area contributed by atoms with Gasteiger partial charge in [-0.05, 0) is 67.4 Å². The quantitative estimate of drug-likeness (QED) is 0.472. The lowest BCUT2D eigenvalue weighted by atomic mass is 10.3. The number of halogens is 1. The van der Waals surface area contributed by atoms with E-state index in [-0.39, 0.29) is 15.5 Å². The highest BCUT2D eigenvalue weighted by Crippen LogP contribution is 2.27. The number of benzene rings is 3. The van der Waals surface area contributed by atoms with Crippen LogP contribution in [0.5, 0.6) is 0 Å². The molecule has 1 heterocycles. The summed E-state index contributed by atoms with van der Waals surface area (Å²) in [6.45, 7) is 0.484. The third-order valence-corrected chi connectivity index (χ3v) is 9.49. The van der Waals surface area contributed by atoms with Crippen molar-refractivity contribution in [2.75, 3.05) is 29.3 Å². The van der Waals surface area contributed by atoms with Gasteiger partial charge in [0, 0.05) is 23.8 Å². The maximum atomic E-state index is 13.3. The minimum absolute atomic E-state index is 0.0317. The summed E-state index contributed by atoms with van der Waals surface area (Å²) in [7, 11) is -7.64. The van der Waals surface area contributed by atoms with E-state index in [2.05, 4.69) is 5.32 Å². The molecule has 1 saturated heterocycles. The van der Waals surface area contributed by atoms with E-state index in [0.717, 1.165) is 17.1 Å². The third-order valence-electron chi connectivity index (χ3n) is 5.56. The molecule has 1 amide bonds. The number of anilines is 2. The van der Waals surface area contributed by atoms with Gasteiger partial charge in [0.15, 0.2) is 0 Å². The summed E-state index contributed by atoms with van der Waals surface area (Å²) >= 11 is 6.08. The second kappa shape index (κ2) is 10.4. The molecule has 11 heteroatoms. The largest absolute Gasteiger partial charge is 0.325 e. The van der Waals surface area contributed by atoms with E-state index in [1.165, 1.54) is 46.8 Å². The summed E-state index contributed by atoms with van der Waals surface area (Å²) in [6, 6.07) is 19.8. The fourth-order valence-electron chi connectivity index (χ4n) is 3.78. The second-order valence-corrected chi connectivity index (χ2v) is 12.2. The molecule has 1 aliphatic heterocycles. The summed E-state index contributed by atoms with van der Waals surface area (Å²) in [4.78, 5) is 13.0. The van der Waals surface area contributed by atoms with E-state index < -0.39 is 32.5 Å². The Morgan fingerprint density at radius 3 is 2.14 bits per heavy atom. The molecule has 0 saturated carbocycles. The summed E-state index contributed by atoms with van der Waals surface area (Å²) in [6.07, 6.45) is 1.67. The summed E-state index contributed by atoms with van der Waals surface area (Å²) in [5, 5.41) is 2.97. The van der Waals surface area contributed by atoms with E-state index in [0.29, 0.717) is 23.8 Å². The van der Waals surface area contributed by atoms with Crippen molar-refractivity contribution in [3.63, 3.8) is 0 Å². The van der Waals surface area contributed by atoms with Crippen LogP contribution in [0.3, 0.4) is 0 Å². The minimum atomic E-state index is -4.06. The van der Waals surface area contributed by atoms with Gasteiger partial charge in [0.2, 0.25) is 15.9 Å². The lowest BCUT2D eigenvalue weighted by Crippen LogP contribution is -2.38. The number of nitrogens with zero attached hydrogens (tertiary/aromatic N) is 2. The number of rotatable bonds is 8. The van der Waals surface area contributed by atoms with Gasteiger partial charge in [-0.25, -0.2) is 16.8 Å². The van der Waals surface area contributed by atoms with E-state index in [4.69, 9.17) is 11.6 Å². The molecule has 0 atom stereocenters. The van der Waals surface area contributed by atoms with E-state index in [9.17, 15) is 21.6 Å². The van der Waals surface area contributed by atoms with Crippen molar-refractivity contribution in [1.82, 2.24) is 4.31 Å². The van der Waals surface area contributed by atoms with Crippen LogP contribution in [0.1, 0.15) is 12.8 Å². The van der Waals surface area contributed by atoms with Gasteiger partial charge in [-0.15, -0.1) is 0 Å². The molecule has 0 spiro atoms. The molecule has 0 unspecified atom stereocenters. The maximum Gasteiger partial charge on any atom is 0.264 e. The van der Waals surface area contributed by atoms with E-state index in [1.54, 1.807) is 36.4 Å². The molecular weight excluding hydrogens is 510 g/mol. The molecule has 1 N–H and O–H groups in total. The van der Waals surface area contributed by atoms with Gasteiger partial charge in [-0.1, -0.05) is 35.9 Å². The van der Waals surface area contributed by atoms with Crippen LogP contribution in [0, 0.1) is 0 Å². The standard InChI is InChI=1S/C24H24ClN3O5S2/c25-19-7-6-8-21(17-19)28(35(32,33)22-9-2-1-3-10-22)18-24(29)26-20-11-13-23(14-12-20)34(30,31)27-15-4-5-16-27/h1-3,6-14,17H,4-5,15-16,18H2,(H,26,29). The fraction of sp³-hybridized carbons (Fsp3) is 0.208. The van der Waals surface area contributed by atoms with Crippen LogP contribution in [0.25, 0.3) is 0 Å². The molecular formula is C24H24ClN3O5S2. The number of nitrogens with one attached hydrogen (secondary N) is 1. The first-order valence-electron chi connectivity index (χ1n) is 10.9. The Morgan fingerprint density at radius 1 is 0.857 bits per heavy atom. The molecule has 184 valence electrons. The zero-order chi connectivity index (χ0) is 25.1. The highest BCUT2D eigenvalue weighted by atomic mass is 35.5. The maximum absolute atomic E-state index is 13.3. The second-order valence-electron chi connectivity index (χ2n) is 7.99. The van der Waals surface area contributed by atoms with E-state index >= 15 is 0 Å². The molecule has 0 aliphatic carbocycles. The number of hydrogen-bond donors (Lipinski definition) is 1. The van der Waals surface area contributed by atoms with Gasteiger partial charge in [0.25, 0.3) is 10.0 Å². The predicted octanol–water partition coefficient (Wildman–Crippen LogP) is 3.96. The van der Waals surface area contributed by atoms with Gasteiger partial charge in [0.1, 0.15) is 6.54 Å². The number of carbonyl (C=O) groups is 1. The summed E-state index contributed by atoms with van der Waals surface area (Å²) in [5.74, 6) is -0.598. The Hall–Kier alpha value is -2.92. The van der Waals surface area contributed by atoms with Gasteiger partial charge in [0.05, 0.1) is 15.5 Å². The molecule has 1 aliphatic rings. The zero-order valence-corrected chi connectivity index (χ0v) is 21.1. The third kappa shape index (κ3) is 5.67. The first kappa shape index (κ1) is 25.2. The van der Waals surface area contributed by atoms with Crippen molar-refractivity contribution in [3.8, 4) is 0 Å². The highest BCUT2D eigenvalue weighted by Gasteiger charge is 2.28. The number of sulfonamides is 2. The Balaban J connectivity index is 1.55. The Bertz CT molecular complexity index is 1410. The van der Waals surface area contributed by atoms with E-state index in [1.807, 2.05) is 0 Å². The molecule has 3 aromatic rings. The molecule has 1 fully saturated rings. The SMILES string of the molecule is O=C(CN(c1cccc(Cl)c1)S(=O)(=O)c1ccccc1)Nc1ccc(S(=O)(=O)N2CCCC2)cc1. The fourth-order valence-corrected chi connectivity index (χ4v) is 6.92. The smallest absolute Gasteiger partial charge is 0.264 e. The minimum Gasteiger partial charge on any atom is -0.325 e. The van der Waals surface area contributed by atoms with Crippen molar-refractivity contribution in [2.24, 2.45) is 0 Å². The monoisotopic (exact) mass is 533 g/mol. The molecule has 4 rings (SSSR count). The van der Waals surface area contributed by atoms with Crippen molar-refractivity contribution >= 4 is 48.9 Å². The lowest BCUT2D eigenvalue weighted by Gasteiger charge is -2.24. The van der Waals surface area contributed by atoms with Crippen molar-refractivity contribution in [3.05, 3.63) is 83.9 Å². The van der Waals surface area contributed by atoms with Crippen molar-refractivity contribution < 1.29 is 21.6 Å². The highest BCUT2D eigenvalue weighted by molar-refractivity contribution is 7.92. The predicted molar refractivity (Wildman–Crippen MR) is 135 cm³/mol. The molecule has 35 heavy (non-hydrogen) atoms.